The van der Waals surface area contributed by atoms with Crippen LogP contribution in [0.25, 0.3) is 0 Å². The second-order valence-corrected chi connectivity index (χ2v) is 23.0. The Kier molecular flexibility index (Phi) is 15.9. The summed E-state index contributed by atoms with van der Waals surface area (Å²) in [5, 5.41) is 0.0574. The van der Waals surface area contributed by atoms with Crippen molar-refractivity contribution in [3.05, 3.63) is 117 Å². The number of rotatable bonds is 15. The Morgan fingerprint density at radius 1 is 0.323 bits per heavy atom. The van der Waals surface area contributed by atoms with Gasteiger partial charge in [0.25, 0.3) is 0 Å². The normalized spacial score (nSPS) is 15.0. The molecular formula is C52H76B4Br2N4. The van der Waals surface area contributed by atoms with Gasteiger partial charge < -0.3 is 19.2 Å². The largest absolute Gasteiger partial charge is 0.400 e. The number of hydrogen-bond acceptors (Lipinski definition) is 4. The molecule has 4 aromatic rings. The molecule has 0 spiro atoms. The van der Waals surface area contributed by atoms with Crippen LogP contribution in [0.4, 0.5) is 22.7 Å². The quantitative estimate of drug-likeness (QED) is 0.110. The Bertz CT molecular complexity index is 1750. The number of anilines is 4. The van der Waals surface area contributed by atoms with Crippen molar-refractivity contribution in [2.45, 2.75) is 158 Å². The standard InChI is InChI=1S/C52H76B4Br2N4/c1-33(2)41-21-17-22-42(34(3)4)49(41)59-29-30-60(50-43(35(5)6)23-18-24-44(50)36(7)8)55(59)53(57)54(58)56-61(51-45(37(9)10)25-19-26-46(51)38(11)12)31-32-62(56)52-47(39(13)14)27-20-28-48(52)40(15)16/h17-28,33-40H,29-32H2,1-16H3. The van der Waals surface area contributed by atoms with Crippen LogP contribution >= 0.6 is 31.5 Å². The highest BCUT2D eigenvalue weighted by Gasteiger charge is 2.57. The van der Waals surface area contributed by atoms with Crippen molar-refractivity contribution in [1.82, 2.24) is 0 Å². The number of halogens is 2. The zero-order valence-electron chi connectivity index (χ0n) is 41.2. The molecule has 0 atom stereocenters. The first kappa shape index (κ1) is 48.7. The van der Waals surface area contributed by atoms with Gasteiger partial charge in [0.1, 0.15) is 0 Å². The average Bonchev–Trinajstić information content (AvgIpc) is 3.86. The third-order valence-electron chi connectivity index (χ3n) is 13.8. The summed E-state index contributed by atoms with van der Waals surface area (Å²) in [7, 11) is 0. The molecule has 62 heavy (non-hydrogen) atoms. The van der Waals surface area contributed by atoms with E-state index in [-0.39, 0.29) is 24.4 Å². The summed E-state index contributed by atoms with van der Waals surface area (Å²) in [4.78, 5) is 11.3. The molecule has 2 aliphatic rings. The lowest BCUT2D eigenvalue weighted by molar-refractivity contribution is 0.821. The van der Waals surface area contributed by atoms with E-state index in [1.54, 1.807) is 0 Å². The van der Waals surface area contributed by atoms with Gasteiger partial charge in [-0.15, -0.1) is 0 Å². The van der Waals surface area contributed by atoms with Crippen molar-refractivity contribution in [3.8, 4) is 0 Å². The third kappa shape index (κ3) is 9.36. The third-order valence-corrected chi connectivity index (χ3v) is 16.6. The van der Waals surface area contributed by atoms with Gasteiger partial charge in [0, 0.05) is 48.9 Å². The zero-order valence-corrected chi connectivity index (χ0v) is 44.4. The highest BCUT2D eigenvalue weighted by molar-refractivity contribution is 9.36. The number of benzene rings is 4. The van der Waals surface area contributed by atoms with Gasteiger partial charge in [-0.05, 0) is 91.9 Å². The lowest BCUT2D eigenvalue weighted by Crippen LogP contribution is -2.67. The summed E-state index contributed by atoms with van der Waals surface area (Å²) in [6, 6.07) is 28.4. The van der Waals surface area contributed by atoms with Gasteiger partial charge in [-0.3, -0.25) is 0 Å². The van der Waals surface area contributed by atoms with E-state index in [0.717, 1.165) is 26.2 Å². The molecule has 0 bridgehead atoms. The fourth-order valence-corrected chi connectivity index (χ4v) is 12.4. The summed E-state index contributed by atoms with van der Waals surface area (Å²) in [6.45, 7) is 41.9. The minimum atomic E-state index is 0.0287. The minimum absolute atomic E-state index is 0.0287. The summed E-state index contributed by atoms with van der Waals surface area (Å²) in [5.41, 5.74) is 17.3. The fourth-order valence-electron chi connectivity index (χ4n) is 10.7. The Morgan fingerprint density at radius 2 is 0.468 bits per heavy atom. The lowest BCUT2D eigenvalue weighted by Gasteiger charge is -2.41. The number of nitrogens with zero attached hydrogens (tertiary/aromatic N) is 4. The molecule has 4 nitrogen and oxygen atoms in total. The van der Waals surface area contributed by atoms with Crippen molar-refractivity contribution in [1.29, 1.82) is 0 Å². The van der Waals surface area contributed by atoms with Crippen LogP contribution in [-0.4, -0.2) is 50.6 Å². The first-order chi connectivity index (χ1) is 29.3. The van der Waals surface area contributed by atoms with E-state index < -0.39 is 0 Å². The molecule has 2 saturated heterocycles. The monoisotopic (exact) mass is 958 g/mol. The van der Waals surface area contributed by atoms with Crippen LogP contribution in [-0.2, 0) is 0 Å². The highest BCUT2D eigenvalue weighted by atomic mass is 79.9. The molecule has 0 unspecified atom stereocenters. The summed E-state index contributed by atoms with van der Waals surface area (Å²) in [6.07, 6.45) is 0. The van der Waals surface area contributed by atoms with Crippen LogP contribution < -0.4 is 19.2 Å². The maximum absolute atomic E-state index is 4.71. The van der Waals surface area contributed by atoms with Gasteiger partial charge in [-0.2, -0.15) is 31.5 Å². The molecule has 0 aliphatic carbocycles. The van der Waals surface area contributed by atoms with Gasteiger partial charge in [-0.1, -0.05) is 184 Å². The van der Waals surface area contributed by atoms with Gasteiger partial charge in [0.2, 0.25) is 10.6 Å². The fraction of sp³-hybridized carbons (Fsp3) is 0.538. The Balaban J connectivity index is 1.65. The Morgan fingerprint density at radius 3 is 0.597 bits per heavy atom. The predicted octanol–water partition coefficient (Wildman–Crippen LogP) is 15.0. The second-order valence-electron chi connectivity index (χ2n) is 20.9. The molecule has 0 saturated carbocycles. The smallest absolute Gasteiger partial charge is 0.338 e. The molecule has 0 aromatic heterocycles. The average molecular weight is 960 g/mol. The SMILES string of the molecule is CC(C)c1cccc(C(C)C)c1N1CCN(c2c(C(C)C)cccc2C(C)C)B1B(Br)B(Br)B1N(c2c(C(C)C)cccc2C(C)C)CCN1c1c(C(C)C)cccc1C(C)C. The highest BCUT2D eigenvalue weighted by Crippen LogP contribution is 2.46. The molecule has 2 heterocycles. The zero-order chi connectivity index (χ0) is 45.5. The number of para-hydroxylation sites is 4. The van der Waals surface area contributed by atoms with E-state index in [1.807, 2.05) is 0 Å². The van der Waals surface area contributed by atoms with Gasteiger partial charge >= 0.3 is 13.7 Å². The summed E-state index contributed by atoms with van der Waals surface area (Å²) >= 11 is 9.42. The topological polar surface area (TPSA) is 13.0 Å². The molecule has 0 N–H and O–H groups in total. The van der Waals surface area contributed by atoms with Crippen molar-refractivity contribution in [3.63, 3.8) is 0 Å². The molecule has 2 aliphatic heterocycles. The molecule has 10 heteroatoms. The van der Waals surface area contributed by atoms with Crippen LogP contribution in [0, 0.1) is 0 Å². The van der Waals surface area contributed by atoms with E-state index in [2.05, 4.69) is 203 Å². The molecule has 0 radical (unpaired) electrons. The molecular weight excluding hydrogens is 884 g/mol. The minimum Gasteiger partial charge on any atom is -0.400 e. The van der Waals surface area contributed by atoms with Crippen molar-refractivity contribution >= 4 is 78.6 Å². The molecule has 2 fully saturated rings. The van der Waals surface area contributed by atoms with Crippen LogP contribution in [0.5, 0.6) is 0 Å². The molecule has 6 rings (SSSR count). The van der Waals surface area contributed by atoms with E-state index in [1.165, 1.54) is 67.3 Å². The van der Waals surface area contributed by atoms with Gasteiger partial charge in [0.05, 0.1) is 0 Å². The first-order valence-corrected chi connectivity index (χ1v) is 26.0. The molecule has 0 amide bonds. The van der Waals surface area contributed by atoms with Crippen molar-refractivity contribution < 1.29 is 0 Å². The Labute approximate surface area is 397 Å². The first-order valence-electron chi connectivity index (χ1n) is 24.2. The molecule has 330 valence electrons. The van der Waals surface area contributed by atoms with E-state index in [4.69, 9.17) is 31.5 Å². The second kappa shape index (κ2) is 20.2. The Hall–Kier alpha value is -2.70. The predicted molar refractivity (Wildman–Crippen MR) is 289 cm³/mol. The van der Waals surface area contributed by atoms with E-state index >= 15 is 0 Å². The summed E-state index contributed by atoms with van der Waals surface area (Å²) < 4.78 is 0. The van der Waals surface area contributed by atoms with Crippen LogP contribution in [0.15, 0.2) is 72.8 Å². The maximum atomic E-state index is 4.71. The van der Waals surface area contributed by atoms with Crippen LogP contribution in [0.2, 0.25) is 0 Å². The number of hydrogen-bond donors (Lipinski definition) is 0. The maximum Gasteiger partial charge on any atom is 0.338 e. The van der Waals surface area contributed by atoms with Crippen molar-refractivity contribution in [2.24, 2.45) is 0 Å². The lowest BCUT2D eigenvalue weighted by atomic mass is 9.04. The van der Waals surface area contributed by atoms with E-state index in [9.17, 15) is 0 Å². The van der Waals surface area contributed by atoms with Crippen LogP contribution in [0.3, 0.4) is 0 Å². The summed E-state index contributed by atoms with van der Waals surface area (Å²) in [5.74, 6) is 3.15. The van der Waals surface area contributed by atoms with Crippen LogP contribution in [0.1, 0.15) is 203 Å². The van der Waals surface area contributed by atoms with Crippen molar-refractivity contribution in [2.75, 3.05) is 45.4 Å². The molecule has 4 aromatic carbocycles. The van der Waals surface area contributed by atoms with E-state index in [0.29, 0.717) is 47.3 Å². The van der Waals surface area contributed by atoms with Gasteiger partial charge in [0.15, 0.2) is 0 Å². The van der Waals surface area contributed by atoms with Gasteiger partial charge in [-0.25, -0.2) is 0 Å².